The summed E-state index contributed by atoms with van der Waals surface area (Å²) in [6.45, 7) is 7.29. The van der Waals surface area contributed by atoms with E-state index in [2.05, 4.69) is 24.1 Å². The molecule has 0 aliphatic carbocycles. The molecule has 0 spiro atoms. The number of carbonyl (C=O) groups excluding carboxylic acids is 1. The lowest BCUT2D eigenvalue weighted by Crippen LogP contribution is -2.34. The standard InChI is InChI=1S/C13H20ClN3O2.ClH/c1-3-17(4-2)6-5-16-13(19)9-7-10(14)11(15)8-12(9)18;/h7-8,18H,3-6,15H2,1-2H3,(H,16,19);1H. The van der Waals surface area contributed by atoms with Crippen molar-refractivity contribution in [1.82, 2.24) is 10.2 Å². The molecular weight excluding hydrogens is 301 g/mol. The van der Waals surface area contributed by atoms with Gasteiger partial charge in [0.15, 0.2) is 0 Å². The van der Waals surface area contributed by atoms with E-state index in [1.54, 1.807) is 0 Å². The van der Waals surface area contributed by atoms with Gasteiger partial charge in [-0.2, -0.15) is 0 Å². The molecule has 1 rings (SSSR count). The van der Waals surface area contributed by atoms with Crippen LogP contribution < -0.4 is 11.1 Å². The fourth-order valence-electron chi connectivity index (χ4n) is 1.72. The highest BCUT2D eigenvalue weighted by Gasteiger charge is 2.13. The molecule has 0 heterocycles. The van der Waals surface area contributed by atoms with Gasteiger partial charge in [-0.15, -0.1) is 12.4 Å². The molecule has 20 heavy (non-hydrogen) atoms. The van der Waals surface area contributed by atoms with Crippen LogP contribution in [-0.2, 0) is 0 Å². The van der Waals surface area contributed by atoms with Gasteiger partial charge >= 0.3 is 0 Å². The van der Waals surface area contributed by atoms with Crippen LogP contribution in [0.15, 0.2) is 12.1 Å². The van der Waals surface area contributed by atoms with Gasteiger partial charge in [0, 0.05) is 19.2 Å². The Bertz CT molecular complexity index is 451. The maximum Gasteiger partial charge on any atom is 0.255 e. The van der Waals surface area contributed by atoms with Crippen LogP contribution in [0.5, 0.6) is 5.75 Å². The normalized spacial score (nSPS) is 10.2. The van der Waals surface area contributed by atoms with Crippen molar-refractivity contribution in [2.45, 2.75) is 13.8 Å². The summed E-state index contributed by atoms with van der Waals surface area (Å²) in [7, 11) is 0. The Balaban J connectivity index is 0.00000361. The molecule has 114 valence electrons. The third-order valence-corrected chi connectivity index (χ3v) is 3.29. The Morgan fingerprint density at radius 2 is 2.00 bits per heavy atom. The van der Waals surface area contributed by atoms with Crippen molar-refractivity contribution >= 4 is 35.6 Å². The highest BCUT2D eigenvalue weighted by Crippen LogP contribution is 2.27. The smallest absolute Gasteiger partial charge is 0.255 e. The molecule has 0 saturated heterocycles. The molecule has 7 heteroatoms. The van der Waals surface area contributed by atoms with Crippen LogP contribution in [-0.4, -0.2) is 42.1 Å². The van der Waals surface area contributed by atoms with E-state index in [1.807, 2.05) is 0 Å². The topological polar surface area (TPSA) is 78.6 Å². The summed E-state index contributed by atoms with van der Waals surface area (Å²) in [6, 6.07) is 2.65. The highest BCUT2D eigenvalue weighted by molar-refractivity contribution is 6.33. The van der Waals surface area contributed by atoms with Crippen molar-refractivity contribution in [2.75, 3.05) is 31.9 Å². The van der Waals surface area contributed by atoms with E-state index in [-0.39, 0.29) is 40.3 Å². The maximum atomic E-state index is 11.9. The third kappa shape index (κ3) is 5.07. The predicted octanol–water partition coefficient (Wildman–Crippen LogP) is 2.12. The summed E-state index contributed by atoms with van der Waals surface area (Å²) < 4.78 is 0. The molecule has 1 aromatic rings. The van der Waals surface area contributed by atoms with Gasteiger partial charge < -0.3 is 21.1 Å². The SMILES string of the molecule is CCN(CC)CCNC(=O)c1cc(Cl)c(N)cc1O.Cl. The average molecular weight is 322 g/mol. The number of likely N-dealkylation sites (N-methyl/N-ethyl adjacent to an activating group) is 1. The first-order valence-corrected chi connectivity index (χ1v) is 6.65. The third-order valence-electron chi connectivity index (χ3n) is 2.97. The summed E-state index contributed by atoms with van der Waals surface area (Å²) in [6.07, 6.45) is 0. The van der Waals surface area contributed by atoms with Crippen LogP contribution in [0.4, 0.5) is 5.69 Å². The van der Waals surface area contributed by atoms with E-state index < -0.39 is 0 Å². The number of hydrogen-bond donors (Lipinski definition) is 3. The van der Waals surface area contributed by atoms with Crippen LogP contribution in [0.2, 0.25) is 5.02 Å². The molecule has 0 saturated carbocycles. The molecule has 5 nitrogen and oxygen atoms in total. The van der Waals surface area contributed by atoms with Crippen LogP contribution in [0, 0.1) is 0 Å². The minimum Gasteiger partial charge on any atom is -0.507 e. The van der Waals surface area contributed by atoms with Crippen LogP contribution in [0.25, 0.3) is 0 Å². The number of carbonyl (C=O) groups is 1. The number of rotatable bonds is 6. The van der Waals surface area contributed by atoms with Gasteiger partial charge in [-0.1, -0.05) is 25.4 Å². The van der Waals surface area contributed by atoms with Crippen LogP contribution >= 0.6 is 24.0 Å². The number of nitrogens with zero attached hydrogens (tertiary/aromatic N) is 1. The number of phenols is 1. The Hall–Kier alpha value is -1.17. The monoisotopic (exact) mass is 321 g/mol. The van der Waals surface area contributed by atoms with E-state index in [4.69, 9.17) is 17.3 Å². The van der Waals surface area contributed by atoms with Gasteiger partial charge in [0.05, 0.1) is 16.3 Å². The number of nitrogens with two attached hydrogens (primary N) is 1. The van der Waals surface area contributed by atoms with E-state index in [0.717, 1.165) is 19.6 Å². The Morgan fingerprint density at radius 1 is 1.40 bits per heavy atom. The predicted molar refractivity (Wildman–Crippen MR) is 84.9 cm³/mol. The first-order valence-electron chi connectivity index (χ1n) is 6.28. The largest absolute Gasteiger partial charge is 0.507 e. The molecule has 0 bridgehead atoms. The van der Waals surface area contributed by atoms with Crippen molar-refractivity contribution in [2.24, 2.45) is 0 Å². The summed E-state index contributed by atoms with van der Waals surface area (Å²) in [5, 5.41) is 12.7. The molecule has 0 atom stereocenters. The number of anilines is 1. The number of amides is 1. The summed E-state index contributed by atoms with van der Waals surface area (Å²) in [4.78, 5) is 14.1. The minimum atomic E-state index is -0.355. The number of hydrogen-bond acceptors (Lipinski definition) is 4. The van der Waals surface area contributed by atoms with Gasteiger partial charge in [-0.3, -0.25) is 4.79 Å². The molecule has 0 aliphatic rings. The molecule has 0 aliphatic heterocycles. The zero-order valence-corrected chi connectivity index (χ0v) is 13.2. The first kappa shape index (κ1) is 18.8. The number of phenolic OH excluding ortho intramolecular Hbond substituents is 1. The fourth-order valence-corrected chi connectivity index (χ4v) is 1.89. The van der Waals surface area contributed by atoms with Crippen molar-refractivity contribution in [1.29, 1.82) is 0 Å². The summed E-state index contributed by atoms with van der Waals surface area (Å²) in [5.41, 5.74) is 5.92. The number of nitrogens with one attached hydrogen (secondary N) is 1. The van der Waals surface area contributed by atoms with Gasteiger partial charge in [0.1, 0.15) is 5.75 Å². The zero-order chi connectivity index (χ0) is 14.4. The van der Waals surface area contributed by atoms with Crippen LogP contribution in [0.3, 0.4) is 0 Å². The molecule has 0 aromatic heterocycles. The molecular formula is C13H21Cl2N3O2. The lowest BCUT2D eigenvalue weighted by Gasteiger charge is -2.18. The summed E-state index contributed by atoms with van der Waals surface area (Å²) >= 11 is 5.83. The molecule has 1 aromatic carbocycles. The zero-order valence-electron chi connectivity index (χ0n) is 11.6. The van der Waals surface area contributed by atoms with Gasteiger partial charge in [-0.05, 0) is 19.2 Å². The Morgan fingerprint density at radius 3 is 2.55 bits per heavy atom. The quantitative estimate of drug-likeness (QED) is 0.701. The Labute approximate surface area is 130 Å². The fraction of sp³-hybridized carbons (Fsp3) is 0.462. The Kier molecular flexibility index (Phi) is 8.37. The molecule has 0 unspecified atom stereocenters. The number of nitrogen functional groups attached to an aromatic ring is 1. The minimum absolute atomic E-state index is 0. The van der Waals surface area contributed by atoms with Gasteiger partial charge in [-0.25, -0.2) is 0 Å². The van der Waals surface area contributed by atoms with Crippen molar-refractivity contribution in [3.05, 3.63) is 22.7 Å². The van der Waals surface area contributed by atoms with E-state index in [9.17, 15) is 9.90 Å². The summed E-state index contributed by atoms with van der Waals surface area (Å²) in [5.74, 6) is -0.520. The molecule has 4 N–H and O–H groups in total. The number of halogens is 2. The lowest BCUT2D eigenvalue weighted by molar-refractivity contribution is 0.0946. The maximum absolute atomic E-state index is 11.9. The van der Waals surface area contributed by atoms with Gasteiger partial charge in [0.25, 0.3) is 5.91 Å². The van der Waals surface area contributed by atoms with Crippen molar-refractivity contribution in [3.8, 4) is 5.75 Å². The number of benzene rings is 1. The van der Waals surface area contributed by atoms with Crippen molar-refractivity contribution in [3.63, 3.8) is 0 Å². The molecule has 1 amide bonds. The van der Waals surface area contributed by atoms with E-state index in [1.165, 1.54) is 12.1 Å². The second kappa shape index (κ2) is 8.89. The number of aromatic hydroxyl groups is 1. The highest BCUT2D eigenvalue weighted by atomic mass is 35.5. The second-order valence-corrected chi connectivity index (χ2v) is 4.58. The first-order chi connectivity index (χ1) is 8.99. The van der Waals surface area contributed by atoms with E-state index >= 15 is 0 Å². The van der Waals surface area contributed by atoms with Crippen molar-refractivity contribution < 1.29 is 9.90 Å². The molecule has 0 radical (unpaired) electrons. The second-order valence-electron chi connectivity index (χ2n) is 4.17. The average Bonchev–Trinajstić information content (AvgIpc) is 2.38. The van der Waals surface area contributed by atoms with Crippen LogP contribution in [0.1, 0.15) is 24.2 Å². The lowest BCUT2D eigenvalue weighted by atomic mass is 10.1. The van der Waals surface area contributed by atoms with E-state index in [0.29, 0.717) is 6.54 Å². The molecule has 0 fully saturated rings. The van der Waals surface area contributed by atoms with Gasteiger partial charge in [0.2, 0.25) is 0 Å².